The van der Waals surface area contributed by atoms with Crippen molar-refractivity contribution in [3.05, 3.63) is 52.6 Å². The molecule has 0 spiro atoms. The number of esters is 1. The summed E-state index contributed by atoms with van der Waals surface area (Å²) in [5.41, 5.74) is 0.568. The van der Waals surface area contributed by atoms with E-state index in [9.17, 15) is 18.0 Å². The van der Waals surface area contributed by atoms with Gasteiger partial charge in [-0.05, 0) is 44.3 Å². The molecule has 0 radical (unpaired) electrons. The first-order valence-corrected chi connectivity index (χ1v) is 12.0. The van der Waals surface area contributed by atoms with Crippen LogP contribution in [-0.4, -0.2) is 87.1 Å². The second kappa shape index (κ2) is 10.3. The molecule has 0 aliphatic carbocycles. The molecule has 0 bridgehead atoms. The SMILES string of the molecule is CCOC(=O)/C=C/c1cn(-c2ccc(S(=O)(=O)N(C)C)cc2)c(=O)c(N2CCN(C)CC2)n1. The van der Waals surface area contributed by atoms with Gasteiger partial charge in [0, 0.05) is 58.2 Å². The zero-order chi connectivity index (χ0) is 24.2. The minimum absolute atomic E-state index is 0.125. The van der Waals surface area contributed by atoms with E-state index in [0.29, 0.717) is 24.5 Å². The van der Waals surface area contributed by atoms with E-state index in [2.05, 4.69) is 9.88 Å². The van der Waals surface area contributed by atoms with Crippen LogP contribution >= 0.6 is 0 Å². The van der Waals surface area contributed by atoms with Crippen LogP contribution in [0.4, 0.5) is 5.82 Å². The number of rotatable bonds is 7. The highest BCUT2D eigenvalue weighted by atomic mass is 32.2. The van der Waals surface area contributed by atoms with Crippen LogP contribution in [0.15, 0.2) is 46.2 Å². The molecule has 1 aromatic carbocycles. The van der Waals surface area contributed by atoms with E-state index in [1.54, 1.807) is 19.1 Å². The van der Waals surface area contributed by atoms with Crippen LogP contribution in [0.1, 0.15) is 12.6 Å². The molecule has 0 atom stereocenters. The molecule has 11 heteroatoms. The van der Waals surface area contributed by atoms with Crippen molar-refractivity contribution in [3.8, 4) is 5.69 Å². The average molecular weight is 476 g/mol. The number of hydrogen-bond donors (Lipinski definition) is 0. The van der Waals surface area contributed by atoms with Crippen LogP contribution in [-0.2, 0) is 19.6 Å². The normalized spacial score (nSPS) is 15.4. The van der Waals surface area contributed by atoms with Gasteiger partial charge in [-0.1, -0.05) is 0 Å². The summed E-state index contributed by atoms with van der Waals surface area (Å²) in [5, 5.41) is 0. The van der Waals surface area contributed by atoms with Crippen LogP contribution in [0.25, 0.3) is 11.8 Å². The van der Waals surface area contributed by atoms with E-state index in [1.807, 2.05) is 11.9 Å². The maximum atomic E-state index is 13.3. The summed E-state index contributed by atoms with van der Waals surface area (Å²) in [6.45, 7) is 4.84. The monoisotopic (exact) mass is 475 g/mol. The predicted molar refractivity (Wildman–Crippen MR) is 126 cm³/mol. The molecule has 1 aromatic heterocycles. The maximum Gasteiger partial charge on any atom is 0.330 e. The van der Waals surface area contributed by atoms with Crippen LogP contribution in [0.3, 0.4) is 0 Å². The molecular formula is C22H29N5O5S. The Hall–Kier alpha value is -3.02. The quantitative estimate of drug-likeness (QED) is 0.428. The number of likely N-dealkylation sites (N-methyl/N-ethyl adjacent to an activating group) is 1. The third-order valence-corrected chi connectivity index (χ3v) is 7.11. The summed E-state index contributed by atoms with van der Waals surface area (Å²) >= 11 is 0. The van der Waals surface area contributed by atoms with E-state index in [1.165, 1.54) is 49.1 Å². The van der Waals surface area contributed by atoms with Gasteiger partial charge in [-0.3, -0.25) is 9.36 Å². The first-order valence-electron chi connectivity index (χ1n) is 10.6. The van der Waals surface area contributed by atoms with Gasteiger partial charge in [0.1, 0.15) is 0 Å². The summed E-state index contributed by atoms with van der Waals surface area (Å²) in [6.07, 6.45) is 4.28. The summed E-state index contributed by atoms with van der Waals surface area (Å²) in [6, 6.07) is 6.07. The second-order valence-corrected chi connectivity index (χ2v) is 9.97. The van der Waals surface area contributed by atoms with Gasteiger partial charge in [0.05, 0.1) is 17.2 Å². The van der Waals surface area contributed by atoms with Crippen molar-refractivity contribution in [3.63, 3.8) is 0 Å². The molecule has 1 fully saturated rings. The lowest BCUT2D eigenvalue weighted by atomic mass is 10.3. The number of carbonyl (C=O) groups excluding carboxylic acids is 1. The van der Waals surface area contributed by atoms with Crippen molar-refractivity contribution in [2.45, 2.75) is 11.8 Å². The number of piperazine rings is 1. The molecule has 10 nitrogen and oxygen atoms in total. The number of anilines is 1. The molecule has 0 amide bonds. The van der Waals surface area contributed by atoms with E-state index in [4.69, 9.17) is 4.74 Å². The number of nitrogens with zero attached hydrogens (tertiary/aromatic N) is 5. The molecule has 2 aromatic rings. The minimum Gasteiger partial charge on any atom is -0.463 e. The molecule has 0 N–H and O–H groups in total. The summed E-state index contributed by atoms with van der Waals surface area (Å²) in [7, 11) is 1.35. The number of ether oxygens (including phenoxy) is 1. The number of carbonyl (C=O) groups is 1. The molecular weight excluding hydrogens is 446 g/mol. The number of benzene rings is 1. The maximum absolute atomic E-state index is 13.3. The highest BCUT2D eigenvalue weighted by Crippen LogP contribution is 2.18. The molecule has 178 valence electrons. The number of aromatic nitrogens is 2. The Morgan fingerprint density at radius 3 is 2.36 bits per heavy atom. The fraction of sp³-hybridized carbons (Fsp3) is 0.409. The van der Waals surface area contributed by atoms with Gasteiger partial charge in [-0.25, -0.2) is 22.5 Å². The van der Waals surface area contributed by atoms with Gasteiger partial charge < -0.3 is 14.5 Å². The summed E-state index contributed by atoms with van der Waals surface area (Å²) in [4.78, 5) is 33.8. The van der Waals surface area contributed by atoms with E-state index >= 15 is 0 Å². The molecule has 2 heterocycles. The van der Waals surface area contributed by atoms with Crippen LogP contribution in [0.5, 0.6) is 0 Å². The number of hydrogen-bond acceptors (Lipinski definition) is 8. The Balaban J connectivity index is 2.06. The summed E-state index contributed by atoms with van der Waals surface area (Å²) in [5.74, 6) is -0.226. The third kappa shape index (κ3) is 5.67. The van der Waals surface area contributed by atoms with Crippen molar-refractivity contribution in [2.24, 2.45) is 0 Å². The molecule has 33 heavy (non-hydrogen) atoms. The molecule has 1 aliphatic rings. The highest BCUT2D eigenvalue weighted by molar-refractivity contribution is 7.89. The van der Waals surface area contributed by atoms with Crippen molar-refractivity contribution >= 4 is 27.9 Å². The van der Waals surface area contributed by atoms with E-state index in [0.717, 1.165) is 17.4 Å². The highest BCUT2D eigenvalue weighted by Gasteiger charge is 2.21. The zero-order valence-electron chi connectivity index (χ0n) is 19.3. The van der Waals surface area contributed by atoms with Crippen molar-refractivity contribution in [2.75, 3.05) is 58.8 Å². The van der Waals surface area contributed by atoms with Gasteiger partial charge >= 0.3 is 5.97 Å². The van der Waals surface area contributed by atoms with Gasteiger partial charge in [-0.15, -0.1) is 0 Å². The van der Waals surface area contributed by atoms with Gasteiger partial charge in [0.15, 0.2) is 5.82 Å². The van der Waals surface area contributed by atoms with Crippen molar-refractivity contribution in [1.82, 2.24) is 18.8 Å². The fourth-order valence-corrected chi connectivity index (χ4v) is 4.23. The van der Waals surface area contributed by atoms with Crippen molar-refractivity contribution in [1.29, 1.82) is 0 Å². The average Bonchev–Trinajstić information content (AvgIpc) is 2.79. The van der Waals surface area contributed by atoms with Gasteiger partial charge in [-0.2, -0.15) is 0 Å². The first kappa shape index (κ1) is 24.6. The van der Waals surface area contributed by atoms with Crippen molar-refractivity contribution < 1.29 is 17.9 Å². The second-order valence-electron chi connectivity index (χ2n) is 7.82. The minimum atomic E-state index is -3.59. The Kier molecular flexibility index (Phi) is 7.67. The molecule has 3 rings (SSSR count). The topological polar surface area (TPSA) is 105 Å². The number of sulfonamides is 1. The van der Waals surface area contributed by atoms with E-state index in [-0.39, 0.29) is 22.9 Å². The predicted octanol–water partition coefficient (Wildman–Crippen LogP) is 0.811. The lowest BCUT2D eigenvalue weighted by Gasteiger charge is -2.33. The first-order chi connectivity index (χ1) is 15.6. The van der Waals surface area contributed by atoms with Gasteiger partial charge in [0.2, 0.25) is 10.0 Å². The Morgan fingerprint density at radius 1 is 1.15 bits per heavy atom. The van der Waals surface area contributed by atoms with Crippen LogP contribution in [0, 0.1) is 0 Å². The Labute approximate surface area is 193 Å². The standard InChI is InChI=1S/C22H29N5O5S/c1-5-32-20(28)11-6-17-16-27(18-7-9-19(10-8-18)33(30,31)24(2)3)22(29)21(23-17)26-14-12-25(4)13-15-26/h6-11,16H,5,12-15H2,1-4H3/b11-6+. The molecule has 0 unspecified atom stereocenters. The lowest BCUT2D eigenvalue weighted by Crippen LogP contribution is -2.47. The van der Waals surface area contributed by atoms with Crippen LogP contribution < -0.4 is 10.5 Å². The smallest absolute Gasteiger partial charge is 0.330 e. The Morgan fingerprint density at radius 2 is 1.79 bits per heavy atom. The lowest BCUT2D eigenvalue weighted by molar-refractivity contribution is -0.137. The largest absolute Gasteiger partial charge is 0.463 e. The van der Waals surface area contributed by atoms with Gasteiger partial charge in [0.25, 0.3) is 5.56 Å². The van der Waals surface area contributed by atoms with Crippen LogP contribution in [0.2, 0.25) is 0 Å². The fourth-order valence-electron chi connectivity index (χ4n) is 3.33. The zero-order valence-corrected chi connectivity index (χ0v) is 20.1. The molecule has 0 saturated carbocycles. The molecule has 1 saturated heterocycles. The summed E-state index contributed by atoms with van der Waals surface area (Å²) < 4.78 is 32.2. The molecule has 1 aliphatic heterocycles. The third-order valence-electron chi connectivity index (χ3n) is 5.28. The Bertz CT molecular complexity index is 1180. The van der Waals surface area contributed by atoms with E-state index < -0.39 is 16.0 Å².